The van der Waals surface area contributed by atoms with Crippen molar-refractivity contribution in [1.29, 1.82) is 0 Å². The maximum Gasteiger partial charge on any atom is 0.207 e. The average Bonchev–Trinajstić information content (AvgIpc) is 2.23. The summed E-state index contributed by atoms with van der Waals surface area (Å²) in [5.41, 5.74) is 0.670. The van der Waals surface area contributed by atoms with Gasteiger partial charge in [0.05, 0.1) is 24.9 Å². The summed E-state index contributed by atoms with van der Waals surface area (Å²) >= 11 is 0. The highest BCUT2D eigenvalue weighted by molar-refractivity contribution is 5.77. The van der Waals surface area contributed by atoms with Crippen LogP contribution in [-0.2, 0) is 6.54 Å². The Bertz CT molecular complexity index is 505. The minimum absolute atomic E-state index is 0.0138. The van der Waals surface area contributed by atoms with Gasteiger partial charge in [0.2, 0.25) is 5.43 Å². The summed E-state index contributed by atoms with van der Waals surface area (Å²) in [5, 5.41) is 13.4. The van der Waals surface area contributed by atoms with Gasteiger partial charge in [0.15, 0.2) is 0 Å². The fourth-order valence-corrected chi connectivity index (χ4v) is 1.43. The fourth-order valence-electron chi connectivity index (χ4n) is 1.43. The van der Waals surface area contributed by atoms with Gasteiger partial charge in [-0.1, -0.05) is 12.1 Å². The van der Waals surface area contributed by atoms with E-state index in [2.05, 4.69) is 5.10 Å². The number of hydrogen-bond donors (Lipinski definition) is 1. The zero-order valence-corrected chi connectivity index (χ0v) is 7.55. The van der Waals surface area contributed by atoms with Crippen molar-refractivity contribution < 1.29 is 5.11 Å². The van der Waals surface area contributed by atoms with E-state index in [9.17, 15) is 4.79 Å². The van der Waals surface area contributed by atoms with Crippen LogP contribution in [0.2, 0.25) is 0 Å². The van der Waals surface area contributed by atoms with E-state index in [1.54, 1.807) is 10.7 Å². The van der Waals surface area contributed by atoms with Crippen molar-refractivity contribution in [1.82, 2.24) is 9.78 Å². The predicted octanol–water partition coefficient (Wildman–Crippen LogP) is 0.389. The van der Waals surface area contributed by atoms with E-state index in [4.69, 9.17) is 5.11 Å². The summed E-state index contributed by atoms with van der Waals surface area (Å²) in [7, 11) is 0. The normalized spacial score (nSPS) is 10.6. The Morgan fingerprint density at radius 1 is 1.36 bits per heavy atom. The number of nitrogens with zero attached hydrogens (tertiary/aromatic N) is 2. The largest absolute Gasteiger partial charge is 0.394 e. The molecule has 0 unspecified atom stereocenters. The molecule has 0 spiro atoms. The third-order valence-corrected chi connectivity index (χ3v) is 2.07. The highest BCUT2D eigenvalue weighted by Gasteiger charge is 2.01. The van der Waals surface area contributed by atoms with Crippen molar-refractivity contribution in [2.45, 2.75) is 6.54 Å². The number of hydrogen-bond acceptors (Lipinski definition) is 3. The summed E-state index contributed by atoms with van der Waals surface area (Å²) in [5.74, 6) is 0. The molecule has 0 bridgehead atoms. The zero-order chi connectivity index (χ0) is 9.97. The van der Waals surface area contributed by atoms with Gasteiger partial charge in [-0.05, 0) is 12.1 Å². The zero-order valence-electron chi connectivity index (χ0n) is 7.55. The molecule has 1 aromatic carbocycles. The minimum atomic E-state index is -0.0882. The predicted molar refractivity (Wildman–Crippen MR) is 53.1 cm³/mol. The number of para-hydroxylation sites is 1. The number of rotatable bonds is 2. The molecule has 1 N–H and O–H groups in total. The molecule has 0 aliphatic rings. The Morgan fingerprint density at radius 2 is 2.14 bits per heavy atom. The second-order valence-electron chi connectivity index (χ2n) is 2.97. The third kappa shape index (κ3) is 1.40. The molecule has 0 aliphatic heterocycles. The first kappa shape index (κ1) is 8.90. The van der Waals surface area contributed by atoms with Crippen molar-refractivity contribution >= 4 is 10.9 Å². The summed E-state index contributed by atoms with van der Waals surface area (Å²) in [6.45, 7) is 0.417. The smallest absolute Gasteiger partial charge is 0.207 e. The van der Waals surface area contributed by atoms with Crippen molar-refractivity contribution in [2.24, 2.45) is 0 Å². The van der Waals surface area contributed by atoms with Crippen LogP contribution in [0.25, 0.3) is 10.9 Å². The summed E-state index contributed by atoms with van der Waals surface area (Å²) < 4.78 is 1.62. The van der Waals surface area contributed by atoms with Crippen LogP contribution >= 0.6 is 0 Å². The molecule has 0 atom stereocenters. The first-order chi connectivity index (χ1) is 6.83. The maximum absolute atomic E-state index is 11.4. The molecule has 0 radical (unpaired) electrons. The monoisotopic (exact) mass is 190 g/mol. The first-order valence-corrected chi connectivity index (χ1v) is 4.38. The van der Waals surface area contributed by atoms with E-state index in [1.807, 2.05) is 18.2 Å². The Balaban J connectivity index is 2.75. The topological polar surface area (TPSA) is 55.1 Å². The maximum atomic E-state index is 11.4. The lowest BCUT2D eigenvalue weighted by Gasteiger charge is -2.06. The van der Waals surface area contributed by atoms with Gasteiger partial charge in [-0.25, -0.2) is 0 Å². The van der Waals surface area contributed by atoms with Crippen molar-refractivity contribution in [3.05, 3.63) is 40.7 Å². The van der Waals surface area contributed by atoms with Crippen LogP contribution in [0.3, 0.4) is 0 Å². The lowest BCUT2D eigenvalue weighted by atomic mass is 10.2. The van der Waals surface area contributed by atoms with Crippen molar-refractivity contribution in [2.75, 3.05) is 6.61 Å². The number of aliphatic hydroxyl groups is 1. The molecule has 1 aromatic heterocycles. The number of aliphatic hydroxyl groups excluding tert-OH is 1. The van der Waals surface area contributed by atoms with E-state index in [0.717, 1.165) is 5.52 Å². The van der Waals surface area contributed by atoms with Crippen LogP contribution in [0.1, 0.15) is 0 Å². The van der Waals surface area contributed by atoms with Gasteiger partial charge in [-0.2, -0.15) is 5.10 Å². The third-order valence-electron chi connectivity index (χ3n) is 2.07. The van der Waals surface area contributed by atoms with E-state index in [0.29, 0.717) is 11.9 Å². The number of benzene rings is 1. The van der Waals surface area contributed by atoms with Crippen LogP contribution in [0, 0.1) is 0 Å². The second-order valence-corrected chi connectivity index (χ2v) is 2.97. The molecule has 0 aliphatic carbocycles. The van der Waals surface area contributed by atoms with Crippen LogP contribution in [-0.4, -0.2) is 21.5 Å². The molecule has 4 nitrogen and oxygen atoms in total. The van der Waals surface area contributed by atoms with E-state index in [1.165, 1.54) is 6.20 Å². The molecule has 1 heterocycles. The highest BCUT2D eigenvalue weighted by atomic mass is 16.3. The molecule has 14 heavy (non-hydrogen) atoms. The molecule has 0 saturated carbocycles. The minimum Gasteiger partial charge on any atom is -0.394 e. The molecule has 0 fully saturated rings. The summed E-state index contributed by atoms with van der Waals surface area (Å²) in [6, 6.07) is 7.23. The summed E-state index contributed by atoms with van der Waals surface area (Å²) in [4.78, 5) is 11.4. The molecule has 4 heteroatoms. The molecule has 0 saturated heterocycles. The van der Waals surface area contributed by atoms with Crippen LogP contribution in [0.15, 0.2) is 35.3 Å². The standard InChI is InChI=1S/C10H10N2O2/c13-6-5-12-9-4-2-1-3-8(9)10(14)7-11-12/h1-4,7,13H,5-6H2. The number of aromatic nitrogens is 2. The van der Waals surface area contributed by atoms with Crippen molar-refractivity contribution in [3.8, 4) is 0 Å². The first-order valence-electron chi connectivity index (χ1n) is 4.38. The molecule has 72 valence electrons. The molecule has 2 aromatic rings. The van der Waals surface area contributed by atoms with Gasteiger partial charge in [0.25, 0.3) is 0 Å². The fraction of sp³-hybridized carbons (Fsp3) is 0.200. The van der Waals surface area contributed by atoms with Gasteiger partial charge in [0, 0.05) is 5.39 Å². The van der Waals surface area contributed by atoms with E-state index in [-0.39, 0.29) is 12.0 Å². The quantitative estimate of drug-likeness (QED) is 0.745. The van der Waals surface area contributed by atoms with Crippen LogP contribution in [0.5, 0.6) is 0 Å². The average molecular weight is 190 g/mol. The van der Waals surface area contributed by atoms with Crippen LogP contribution < -0.4 is 5.43 Å². The van der Waals surface area contributed by atoms with E-state index < -0.39 is 0 Å². The van der Waals surface area contributed by atoms with Gasteiger partial charge in [-0.3, -0.25) is 9.48 Å². The Labute approximate surface area is 80.4 Å². The van der Waals surface area contributed by atoms with Crippen molar-refractivity contribution in [3.63, 3.8) is 0 Å². The Kier molecular flexibility index (Phi) is 2.28. The van der Waals surface area contributed by atoms with Gasteiger partial charge >= 0.3 is 0 Å². The Hall–Kier alpha value is -1.68. The highest BCUT2D eigenvalue weighted by Crippen LogP contribution is 2.06. The SMILES string of the molecule is O=c1cnn(CCO)c2ccccc12. The van der Waals surface area contributed by atoms with E-state index >= 15 is 0 Å². The van der Waals surface area contributed by atoms with Gasteiger partial charge in [-0.15, -0.1) is 0 Å². The summed E-state index contributed by atoms with van der Waals surface area (Å²) in [6.07, 6.45) is 1.28. The van der Waals surface area contributed by atoms with Crippen LogP contribution in [0.4, 0.5) is 0 Å². The lowest BCUT2D eigenvalue weighted by molar-refractivity contribution is 0.271. The molecular weight excluding hydrogens is 180 g/mol. The second kappa shape index (κ2) is 3.59. The molecular formula is C10H10N2O2. The molecule has 2 rings (SSSR count). The van der Waals surface area contributed by atoms with Gasteiger partial charge < -0.3 is 5.11 Å². The van der Waals surface area contributed by atoms with Gasteiger partial charge in [0.1, 0.15) is 0 Å². The number of fused-ring (bicyclic) bond motifs is 1. The Morgan fingerprint density at radius 3 is 2.93 bits per heavy atom. The lowest BCUT2D eigenvalue weighted by Crippen LogP contribution is -2.13. The molecule has 0 amide bonds.